The molecule has 0 unspecified atom stereocenters. The number of amides is 3. The summed E-state index contributed by atoms with van der Waals surface area (Å²) in [6, 6.07) is 42.2. The van der Waals surface area contributed by atoms with E-state index in [1.165, 1.54) is 146 Å². The molecule has 8 aromatic heterocycles. The number of anilines is 8. The van der Waals surface area contributed by atoms with Crippen molar-refractivity contribution in [1.29, 1.82) is 0 Å². The number of sulfonamides is 3. The number of nitrogen functional groups attached to an aromatic ring is 4. The second kappa shape index (κ2) is 51.6. The van der Waals surface area contributed by atoms with Crippen molar-refractivity contribution < 1.29 is 103 Å². The van der Waals surface area contributed by atoms with E-state index in [-0.39, 0.29) is 131 Å². The molecule has 12 rings (SSSR count). The molecule has 0 saturated carbocycles. The van der Waals surface area contributed by atoms with Gasteiger partial charge in [-0.15, -0.1) is 0 Å². The highest BCUT2D eigenvalue weighted by molar-refractivity contribution is 7.92. The van der Waals surface area contributed by atoms with E-state index in [1.54, 1.807) is 49.3 Å². The number of pyridine rings is 8. The molecule has 0 spiro atoms. The predicted octanol–water partition coefficient (Wildman–Crippen LogP) is 17.3. The van der Waals surface area contributed by atoms with Gasteiger partial charge in [0.05, 0.1) is 71.5 Å². The summed E-state index contributed by atoms with van der Waals surface area (Å²) >= 11 is 0. The summed E-state index contributed by atoms with van der Waals surface area (Å²) in [4.78, 5) is 91.9. The van der Waals surface area contributed by atoms with E-state index in [0.717, 1.165) is 49.9 Å². The lowest BCUT2D eigenvalue weighted by Crippen LogP contribution is -2.42. The Morgan fingerprint density at radius 3 is 0.926 bits per heavy atom. The first-order valence-electron chi connectivity index (χ1n) is 47.1. The number of nitrogens with one attached hydrogen (secondary N) is 3. The predicted molar refractivity (Wildman–Crippen MR) is 559 cm³/mol. The Hall–Kier alpha value is -14.9. The minimum Gasteiger partial charge on any atom is -0.493 e. The van der Waals surface area contributed by atoms with Crippen LogP contribution in [0.25, 0.3) is 45.0 Å². The van der Waals surface area contributed by atoms with Crippen LogP contribution >= 0.6 is 0 Å². The lowest BCUT2D eigenvalue weighted by atomic mass is 10.1. The molecule has 0 radical (unpaired) electrons. The van der Waals surface area contributed by atoms with Crippen LogP contribution in [0.15, 0.2) is 214 Å². The molecule has 8 heterocycles. The van der Waals surface area contributed by atoms with Crippen molar-refractivity contribution in [3.63, 3.8) is 0 Å². The van der Waals surface area contributed by atoms with E-state index in [1.807, 2.05) is 116 Å². The monoisotopic (exact) mass is 2140 g/mol. The van der Waals surface area contributed by atoms with E-state index < -0.39 is 115 Å². The molecule has 1 atom stereocenters. The molecule has 35 nitrogen and oxygen atoms in total. The highest BCUT2D eigenvalue weighted by atomic mass is 32.2. The van der Waals surface area contributed by atoms with E-state index in [2.05, 4.69) is 44.6 Å². The van der Waals surface area contributed by atoms with Gasteiger partial charge in [-0.2, -0.15) is 38.4 Å². The van der Waals surface area contributed by atoms with Crippen molar-refractivity contribution in [2.75, 3.05) is 109 Å². The fraction of sp³-hybridized carbons (Fsp3) is 0.340. The number of alkyl halides is 3. The summed E-state index contributed by atoms with van der Waals surface area (Å²) in [6.45, 7) is 30.8. The number of carbonyl (C=O) groups excluding carboxylic acids is 4. The van der Waals surface area contributed by atoms with Crippen LogP contribution in [0.5, 0.6) is 23.0 Å². The Morgan fingerprint density at radius 2 is 0.638 bits per heavy atom. The van der Waals surface area contributed by atoms with E-state index in [0.29, 0.717) is 90.5 Å². The van der Waals surface area contributed by atoms with Gasteiger partial charge in [-0.3, -0.25) is 19.2 Å². The maximum absolute atomic E-state index is 14.5. The van der Waals surface area contributed by atoms with Crippen LogP contribution in [0.1, 0.15) is 158 Å². The van der Waals surface area contributed by atoms with Crippen molar-refractivity contribution in [2.24, 2.45) is 23.7 Å². The average Bonchev–Trinajstić information content (AvgIpc) is 0.792. The number of ketones is 1. The number of Topliss-reactive ketones (excluding diaryl/α,β-unsaturated/α-hetero) is 1. The Balaban J connectivity index is 0.000000221. The fourth-order valence-electron chi connectivity index (χ4n) is 14.1. The van der Waals surface area contributed by atoms with Crippen LogP contribution in [0.2, 0.25) is 0 Å². The summed E-state index contributed by atoms with van der Waals surface area (Å²) < 4.78 is 229. The Kier molecular flexibility index (Phi) is 40.7. The number of carbonyl (C=O) groups is 4. The molecule has 0 aliphatic carbocycles. The van der Waals surface area contributed by atoms with Crippen LogP contribution < -0.4 is 75.6 Å². The number of halogens is 7. The van der Waals surface area contributed by atoms with Gasteiger partial charge >= 0.3 is 6.18 Å². The molecule has 149 heavy (non-hydrogen) atoms. The topological polar surface area (TPSA) is 498 Å². The molecule has 0 saturated heterocycles. The van der Waals surface area contributed by atoms with Gasteiger partial charge in [0.25, 0.3) is 47.8 Å². The van der Waals surface area contributed by atoms with Crippen LogP contribution in [-0.4, -0.2) is 188 Å². The number of ether oxygens (including phenoxy) is 4. The largest absolute Gasteiger partial charge is 0.493 e. The molecule has 0 fully saturated rings. The van der Waals surface area contributed by atoms with E-state index in [4.69, 9.17) is 41.9 Å². The quantitative estimate of drug-likeness (QED) is 0.0138. The zero-order valence-corrected chi connectivity index (χ0v) is 88.6. The van der Waals surface area contributed by atoms with Gasteiger partial charge in [0.2, 0.25) is 9.84 Å². The smallest absolute Gasteiger partial charge is 0.408 e. The third-order valence-corrected chi connectivity index (χ3v) is 27.2. The van der Waals surface area contributed by atoms with Crippen molar-refractivity contribution in [3.05, 3.63) is 240 Å². The second-order valence-corrected chi connectivity index (χ2v) is 43.0. The maximum atomic E-state index is 14.5. The fourth-order valence-corrected chi connectivity index (χ4v) is 18.1. The van der Waals surface area contributed by atoms with Gasteiger partial charge < -0.3 is 61.5 Å². The molecule has 4 aromatic carbocycles. The molecule has 3 amide bonds. The van der Waals surface area contributed by atoms with Gasteiger partial charge in [0, 0.05) is 92.8 Å². The zero-order valence-electron chi connectivity index (χ0n) is 85.4. The first kappa shape index (κ1) is 118. The standard InChI is InChI=1S/C27H34FN5O4S.C26H28F4N4O4S.C26H32FN5O4S.C24H28FN5O4S/c1-6-20(7-2)33(5)26-22(27(34)32-38(35,36)25-10-8-9-24(29)31-25)11-12-23(30-26)18-13-19(28)15-21(14-18)37-16-17(3)4;1-15(2)13-38-19-11-17(10-18(27)12-19)21-9-8-20(25(32-21)34(4)16(3)26(28,29)30)22(35)14-39(36,37)24-7-5-6-23(31)33-24;1-6-32(17(4)5)25-21(26(33)31-37(34,35)24-9-7-8-23(28)30-24)10-11-22(29-25)18-12-19(27)14-20(13-18)36-15-16(2)3;1-5-30(4)23-19(24(31)29-35(32,33)22-8-6-7-21(26)28-22)9-10-20(27-23)16-11-17(25)13-18(12-16)34-14-15(2)3/h8-15,17,20H,6-7,16H2,1-5H3,(H2,29,31)(H,32,34);5-12,15-16H,13-14H2,1-4H3,(H2,31,33);7-14,16-17H,6,15H2,1-5H3,(H2,28,30)(H,31,33);6-13,15H,5,14H2,1-4H3,(H2,26,28)(H,29,31)/t;16-;;/m.1../s1. The van der Waals surface area contributed by atoms with Gasteiger partial charge in [-0.25, -0.2) is 80.0 Å². The Bertz CT molecular complexity index is 7260. The highest BCUT2D eigenvalue weighted by Gasteiger charge is 2.41. The Labute approximate surface area is 862 Å². The number of aromatic nitrogens is 8. The molecule has 46 heteroatoms. The summed E-state index contributed by atoms with van der Waals surface area (Å²) in [5, 5.41) is -1.59. The van der Waals surface area contributed by atoms with E-state index in [9.17, 15) is 83.6 Å². The minimum atomic E-state index is -4.69. The summed E-state index contributed by atoms with van der Waals surface area (Å²) in [5.41, 5.74) is 24.9. The summed E-state index contributed by atoms with van der Waals surface area (Å²) in [7, 11) is -12.6. The maximum Gasteiger partial charge on any atom is 0.408 e. The molecule has 0 bridgehead atoms. The van der Waals surface area contributed by atoms with E-state index >= 15 is 0 Å². The number of hydrogen-bond acceptors (Lipinski definition) is 32. The number of sulfone groups is 1. The second-order valence-electron chi connectivity index (χ2n) is 36.2. The number of nitrogens with two attached hydrogens (primary N) is 4. The molecular weight excluding hydrogens is 2020 g/mol. The zero-order chi connectivity index (χ0) is 110. The molecule has 0 aliphatic heterocycles. The van der Waals surface area contributed by atoms with Gasteiger partial charge in [-0.1, -0.05) is 93.5 Å². The molecular formula is C103H122F7N19O16S4. The van der Waals surface area contributed by atoms with Gasteiger partial charge in [0.1, 0.15) is 105 Å². The van der Waals surface area contributed by atoms with Gasteiger partial charge in [-0.05, 0) is 217 Å². The number of hydrogen-bond donors (Lipinski definition) is 7. The van der Waals surface area contributed by atoms with Crippen LogP contribution in [0, 0.1) is 46.9 Å². The first-order chi connectivity index (χ1) is 69.9. The minimum absolute atomic E-state index is 0.00425. The van der Waals surface area contributed by atoms with Crippen LogP contribution in [-0.2, 0) is 39.9 Å². The normalized spacial score (nSPS) is 11.9. The van der Waals surface area contributed by atoms with Gasteiger partial charge in [0.15, 0.2) is 25.9 Å². The molecule has 798 valence electrons. The first-order valence-corrected chi connectivity index (χ1v) is 53.2. The number of rotatable bonds is 40. The third-order valence-electron chi connectivity index (χ3n) is 21.9. The van der Waals surface area contributed by atoms with Crippen molar-refractivity contribution in [3.8, 4) is 68.0 Å². The van der Waals surface area contributed by atoms with Crippen molar-refractivity contribution in [1.82, 2.24) is 54.0 Å². The molecule has 0 aliphatic rings. The highest BCUT2D eigenvalue weighted by Crippen LogP contribution is 2.38. The van der Waals surface area contributed by atoms with Crippen molar-refractivity contribution >= 4 is 110 Å². The summed E-state index contributed by atoms with van der Waals surface area (Å²) in [6.07, 6.45) is -3.17. The average molecular weight is 2140 g/mol. The summed E-state index contributed by atoms with van der Waals surface area (Å²) in [5.74, 6) is -4.35. The van der Waals surface area contributed by atoms with Crippen LogP contribution in [0.3, 0.4) is 0 Å². The van der Waals surface area contributed by atoms with Crippen molar-refractivity contribution in [2.45, 2.75) is 161 Å². The lowest BCUT2D eigenvalue weighted by Gasteiger charge is -2.29. The number of benzene rings is 4. The number of nitrogens with zero attached hydrogens (tertiary/aromatic N) is 12. The SMILES string of the molecule is CC(C)COc1cc(F)cc(-c2ccc(C(=O)CS(=O)(=O)c3cccc(N)n3)c(N(C)[C@H](C)C(F)(F)F)n2)c1.CCC(CC)N(C)c1nc(-c2cc(F)cc(OCC(C)C)c2)ccc1C(=O)NS(=O)(=O)c1cccc(N)n1.CCN(C)c1nc(-c2cc(F)cc(OCC(C)C)c2)ccc1C(=O)NS(=O)(=O)c1cccc(N)n1.CCN(c1nc(-c2cc(F)cc(OCC(C)C)c2)ccc1C(=O)NS(=O)(=O)c1cccc(N)n1)C(C)C. The van der Waals surface area contributed by atoms with Crippen LogP contribution in [0.4, 0.5) is 77.3 Å². The lowest BCUT2D eigenvalue weighted by molar-refractivity contribution is -0.144. The molecule has 12 aromatic rings. The molecule has 11 N–H and O–H groups in total. The third kappa shape index (κ3) is 33.0. The Morgan fingerprint density at radius 1 is 0.356 bits per heavy atom.